The number of carbonyl (C=O) groups excluding carboxylic acids is 1. The standard InChI is InChI=1S/C14H21ClN2O/c1-5-16-12-7-6-10(15)8-11(12)13(18)17-9-14(2,3)4/h6-8,16H,5,9H2,1-4H3,(H,17,18). The molecule has 0 aromatic heterocycles. The maximum Gasteiger partial charge on any atom is 0.253 e. The van der Waals surface area contributed by atoms with Crippen LogP contribution < -0.4 is 10.6 Å². The largest absolute Gasteiger partial charge is 0.385 e. The van der Waals surface area contributed by atoms with Gasteiger partial charge in [0.15, 0.2) is 0 Å². The minimum absolute atomic E-state index is 0.0621. The number of hydrogen-bond acceptors (Lipinski definition) is 2. The summed E-state index contributed by atoms with van der Waals surface area (Å²) in [5.41, 5.74) is 1.47. The number of nitrogens with one attached hydrogen (secondary N) is 2. The van der Waals surface area contributed by atoms with Crippen LogP contribution in [0.25, 0.3) is 0 Å². The second-order valence-electron chi connectivity index (χ2n) is 5.46. The van der Waals surface area contributed by atoms with Crippen molar-refractivity contribution in [2.75, 3.05) is 18.4 Å². The Balaban J connectivity index is 2.86. The van der Waals surface area contributed by atoms with Crippen molar-refractivity contribution in [3.05, 3.63) is 28.8 Å². The summed E-state index contributed by atoms with van der Waals surface area (Å²) in [7, 11) is 0. The third-order valence-corrected chi connectivity index (χ3v) is 2.61. The Bertz CT molecular complexity index is 424. The van der Waals surface area contributed by atoms with Gasteiger partial charge in [0.25, 0.3) is 5.91 Å². The fourth-order valence-electron chi connectivity index (χ4n) is 1.49. The number of rotatable bonds is 4. The molecule has 1 aromatic rings. The first kappa shape index (κ1) is 14.8. The molecule has 0 saturated carbocycles. The van der Waals surface area contributed by atoms with Crippen LogP contribution in [-0.2, 0) is 0 Å². The quantitative estimate of drug-likeness (QED) is 0.877. The summed E-state index contributed by atoms with van der Waals surface area (Å²) in [4.78, 5) is 12.1. The number of benzene rings is 1. The third-order valence-electron chi connectivity index (χ3n) is 2.37. The molecule has 0 atom stereocenters. The molecular weight excluding hydrogens is 248 g/mol. The van der Waals surface area contributed by atoms with Crippen LogP contribution in [0, 0.1) is 5.41 Å². The van der Waals surface area contributed by atoms with Gasteiger partial charge in [0.1, 0.15) is 0 Å². The number of halogens is 1. The Morgan fingerprint density at radius 2 is 2.00 bits per heavy atom. The van der Waals surface area contributed by atoms with Gasteiger partial charge in [-0.05, 0) is 30.5 Å². The second-order valence-corrected chi connectivity index (χ2v) is 5.90. The predicted molar refractivity (Wildman–Crippen MR) is 77.4 cm³/mol. The van der Waals surface area contributed by atoms with Crippen LogP contribution in [0.5, 0.6) is 0 Å². The molecule has 0 spiro atoms. The topological polar surface area (TPSA) is 41.1 Å². The molecule has 0 unspecified atom stereocenters. The van der Waals surface area contributed by atoms with Gasteiger partial charge in [-0.3, -0.25) is 4.79 Å². The SMILES string of the molecule is CCNc1ccc(Cl)cc1C(=O)NCC(C)(C)C. The van der Waals surface area contributed by atoms with Gasteiger partial charge in [-0.15, -0.1) is 0 Å². The summed E-state index contributed by atoms with van der Waals surface area (Å²) >= 11 is 5.94. The van der Waals surface area contributed by atoms with Crippen LogP contribution in [-0.4, -0.2) is 19.0 Å². The van der Waals surface area contributed by atoms with Gasteiger partial charge >= 0.3 is 0 Å². The van der Waals surface area contributed by atoms with Gasteiger partial charge in [0.2, 0.25) is 0 Å². The van der Waals surface area contributed by atoms with Gasteiger partial charge in [-0.1, -0.05) is 32.4 Å². The first-order valence-electron chi connectivity index (χ1n) is 6.15. The third kappa shape index (κ3) is 4.57. The molecule has 0 fully saturated rings. The highest BCUT2D eigenvalue weighted by Crippen LogP contribution is 2.21. The monoisotopic (exact) mass is 268 g/mol. The molecule has 0 saturated heterocycles. The Morgan fingerprint density at radius 3 is 2.56 bits per heavy atom. The van der Waals surface area contributed by atoms with Gasteiger partial charge in [0, 0.05) is 23.8 Å². The summed E-state index contributed by atoms with van der Waals surface area (Å²) in [6.45, 7) is 9.62. The van der Waals surface area contributed by atoms with Crippen molar-refractivity contribution < 1.29 is 4.79 Å². The number of carbonyl (C=O) groups is 1. The van der Waals surface area contributed by atoms with Gasteiger partial charge in [-0.25, -0.2) is 0 Å². The fraction of sp³-hybridized carbons (Fsp3) is 0.500. The van der Waals surface area contributed by atoms with E-state index in [0.29, 0.717) is 17.1 Å². The minimum atomic E-state index is -0.0941. The van der Waals surface area contributed by atoms with Crippen molar-refractivity contribution in [3.8, 4) is 0 Å². The molecule has 0 aliphatic carbocycles. The lowest BCUT2D eigenvalue weighted by Gasteiger charge is -2.19. The van der Waals surface area contributed by atoms with Crippen LogP contribution in [0.15, 0.2) is 18.2 Å². The van der Waals surface area contributed by atoms with Crippen LogP contribution in [0.4, 0.5) is 5.69 Å². The normalized spacial score (nSPS) is 11.2. The van der Waals surface area contributed by atoms with E-state index in [-0.39, 0.29) is 11.3 Å². The highest BCUT2D eigenvalue weighted by atomic mass is 35.5. The van der Waals surface area contributed by atoms with E-state index in [1.54, 1.807) is 12.1 Å². The Kier molecular flexibility index (Phi) is 5.03. The smallest absolute Gasteiger partial charge is 0.253 e. The van der Waals surface area contributed by atoms with Crippen molar-refractivity contribution in [1.82, 2.24) is 5.32 Å². The fourth-order valence-corrected chi connectivity index (χ4v) is 1.66. The Morgan fingerprint density at radius 1 is 1.33 bits per heavy atom. The molecular formula is C14H21ClN2O. The molecule has 3 nitrogen and oxygen atoms in total. The Hall–Kier alpha value is -1.22. The van der Waals surface area contributed by atoms with Crippen molar-refractivity contribution in [2.45, 2.75) is 27.7 Å². The van der Waals surface area contributed by atoms with Gasteiger partial charge in [-0.2, -0.15) is 0 Å². The zero-order valence-corrected chi connectivity index (χ0v) is 12.2. The molecule has 1 aromatic carbocycles. The lowest BCUT2D eigenvalue weighted by atomic mass is 9.97. The lowest BCUT2D eigenvalue weighted by molar-refractivity contribution is 0.0940. The van der Waals surface area contributed by atoms with E-state index in [1.807, 2.05) is 13.0 Å². The molecule has 0 heterocycles. The van der Waals surface area contributed by atoms with Crippen molar-refractivity contribution in [3.63, 3.8) is 0 Å². The summed E-state index contributed by atoms with van der Waals surface area (Å²) in [6.07, 6.45) is 0. The van der Waals surface area contributed by atoms with E-state index in [4.69, 9.17) is 11.6 Å². The molecule has 0 bridgehead atoms. The summed E-state index contributed by atoms with van der Waals surface area (Å²) < 4.78 is 0. The number of anilines is 1. The maximum absolute atomic E-state index is 12.1. The average Bonchev–Trinajstić information content (AvgIpc) is 2.27. The first-order valence-corrected chi connectivity index (χ1v) is 6.53. The molecule has 18 heavy (non-hydrogen) atoms. The molecule has 100 valence electrons. The molecule has 4 heteroatoms. The summed E-state index contributed by atoms with van der Waals surface area (Å²) in [5.74, 6) is -0.0941. The zero-order valence-electron chi connectivity index (χ0n) is 11.4. The Labute approximate surface area is 114 Å². The van der Waals surface area contributed by atoms with Crippen LogP contribution in [0.2, 0.25) is 5.02 Å². The van der Waals surface area contributed by atoms with Crippen LogP contribution >= 0.6 is 11.6 Å². The molecule has 1 rings (SSSR count). The molecule has 0 aliphatic rings. The van der Waals surface area contributed by atoms with E-state index in [9.17, 15) is 4.79 Å². The molecule has 0 aliphatic heterocycles. The summed E-state index contributed by atoms with van der Waals surface area (Å²) in [6, 6.07) is 5.30. The van der Waals surface area contributed by atoms with E-state index < -0.39 is 0 Å². The van der Waals surface area contributed by atoms with Gasteiger partial charge in [0.05, 0.1) is 5.56 Å². The van der Waals surface area contributed by atoms with Gasteiger partial charge < -0.3 is 10.6 Å². The first-order chi connectivity index (χ1) is 8.33. The molecule has 2 N–H and O–H groups in total. The van der Waals surface area contributed by atoms with Crippen molar-refractivity contribution >= 4 is 23.2 Å². The number of hydrogen-bond donors (Lipinski definition) is 2. The molecule has 1 amide bonds. The zero-order chi connectivity index (χ0) is 13.8. The average molecular weight is 269 g/mol. The van der Waals surface area contributed by atoms with Crippen LogP contribution in [0.1, 0.15) is 38.1 Å². The van der Waals surface area contributed by atoms with Crippen LogP contribution in [0.3, 0.4) is 0 Å². The highest BCUT2D eigenvalue weighted by molar-refractivity contribution is 6.31. The second kappa shape index (κ2) is 6.10. The predicted octanol–water partition coefficient (Wildman–Crippen LogP) is 3.55. The van der Waals surface area contributed by atoms with E-state index in [1.165, 1.54) is 0 Å². The lowest BCUT2D eigenvalue weighted by Crippen LogP contribution is -2.32. The van der Waals surface area contributed by atoms with Crippen molar-refractivity contribution in [1.29, 1.82) is 0 Å². The highest BCUT2D eigenvalue weighted by Gasteiger charge is 2.15. The van der Waals surface area contributed by atoms with E-state index in [2.05, 4.69) is 31.4 Å². The van der Waals surface area contributed by atoms with E-state index >= 15 is 0 Å². The molecule has 0 radical (unpaired) electrons. The minimum Gasteiger partial charge on any atom is -0.385 e. The summed E-state index contributed by atoms with van der Waals surface area (Å²) in [5, 5.41) is 6.66. The van der Waals surface area contributed by atoms with E-state index in [0.717, 1.165) is 12.2 Å². The maximum atomic E-state index is 12.1. The van der Waals surface area contributed by atoms with Crippen molar-refractivity contribution in [2.24, 2.45) is 5.41 Å². The number of amides is 1.